The van der Waals surface area contributed by atoms with E-state index >= 15 is 0 Å². The molecule has 0 aliphatic carbocycles. The number of anilines is 1. The summed E-state index contributed by atoms with van der Waals surface area (Å²) in [5.74, 6) is 0. The minimum Gasteiger partial charge on any atom is -0.389 e. The highest BCUT2D eigenvalue weighted by Crippen LogP contribution is 2.17. The second kappa shape index (κ2) is 5.84. The number of nitrogens with two attached hydrogens (primary N) is 1. The molecule has 0 radical (unpaired) electrons. The molecular formula is C14H18N4S. The van der Waals surface area contributed by atoms with Gasteiger partial charge in [-0.3, -0.25) is 4.68 Å². The molecule has 0 atom stereocenters. The van der Waals surface area contributed by atoms with Gasteiger partial charge in [0.05, 0.1) is 12.7 Å². The van der Waals surface area contributed by atoms with Crippen LogP contribution in [0.2, 0.25) is 0 Å². The molecule has 1 heterocycles. The van der Waals surface area contributed by atoms with Crippen molar-refractivity contribution in [1.29, 1.82) is 0 Å². The van der Waals surface area contributed by atoms with Crippen molar-refractivity contribution < 1.29 is 0 Å². The van der Waals surface area contributed by atoms with Crippen molar-refractivity contribution in [3.8, 4) is 0 Å². The van der Waals surface area contributed by atoms with Gasteiger partial charge in [-0.05, 0) is 37.1 Å². The fraction of sp³-hybridized carbons (Fsp3) is 0.286. The molecule has 0 unspecified atom stereocenters. The highest BCUT2D eigenvalue weighted by atomic mass is 32.1. The predicted molar refractivity (Wildman–Crippen MR) is 82.5 cm³/mol. The van der Waals surface area contributed by atoms with E-state index in [1.807, 2.05) is 43.1 Å². The molecule has 0 aliphatic rings. The van der Waals surface area contributed by atoms with Crippen molar-refractivity contribution in [2.24, 2.45) is 5.73 Å². The van der Waals surface area contributed by atoms with E-state index in [-0.39, 0.29) is 0 Å². The molecular weight excluding hydrogens is 256 g/mol. The van der Waals surface area contributed by atoms with Gasteiger partial charge in [0, 0.05) is 24.0 Å². The number of thiocarbonyl (C=S) groups is 1. The maximum Gasteiger partial charge on any atom is 0.106 e. The highest BCUT2D eigenvalue weighted by Gasteiger charge is 2.05. The Morgan fingerprint density at radius 3 is 2.79 bits per heavy atom. The van der Waals surface area contributed by atoms with Crippen LogP contribution in [0.3, 0.4) is 0 Å². The third-order valence-corrected chi connectivity index (χ3v) is 3.08. The molecule has 3 N–H and O–H groups in total. The van der Waals surface area contributed by atoms with E-state index in [9.17, 15) is 0 Å². The number of nitrogens with zero attached hydrogens (tertiary/aromatic N) is 2. The molecule has 0 aliphatic heterocycles. The Kier molecular flexibility index (Phi) is 4.16. The zero-order valence-electron chi connectivity index (χ0n) is 11.2. The molecule has 0 bridgehead atoms. The normalized spacial score (nSPS) is 10.4. The van der Waals surface area contributed by atoms with Gasteiger partial charge in [-0.15, -0.1) is 0 Å². The van der Waals surface area contributed by atoms with Gasteiger partial charge in [0.25, 0.3) is 0 Å². The lowest BCUT2D eigenvalue weighted by molar-refractivity contribution is 0.637. The summed E-state index contributed by atoms with van der Waals surface area (Å²) in [6, 6.07) is 6.03. The average molecular weight is 274 g/mol. The largest absolute Gasteiger partial charge is 0.389 e. The van der Waals surface area contributed by atoms with Gasteiger partial charge in [-0.1, -0.05) is 18.3 Å². The van der Waals surface area contributed by atoms with E-state index in [1.54, 1.807) is 0 Å². The maximum atomic E-state index is 5.72. The van der Waals surface area contributed by atoms with E-state index in [0.717, 1.165) is 24.3 Å². The van der Waals surface area contributed by atoms with Gasteiger partial charge in [0.1, 0.15) is 4.99 Å². The fourth-order valence-corrected chi connectivity index (χ4v) is 2.09. The smallest absolute Gasteiger partial charge is 0.106 e. The maximum absolute atomic E-state index is 5.72. The molecule has 0 amide bonds. The van der Waals surface area contributed by atoms with Crippen molar-refractivity contribution >= 4 is 22.9 Å². The lowest BCUT2D eigenvalue weighted by Crippen LogP contribution is -2.16. The van der Waals surface area contributed by atoms with Crippen LogP contribution < -0.4 is 11.1 Å². The number of benzene rings is 1. The monoisotopic (exact) mass is 274 g/mol. The lowest BCUT2D eigenvalue weighted by Gasteiger charge is -2.12. The number of hydrogen-bond donors (Lipinski definition) is 2. The first-order valence-corrected chi connectivity index (χ1v) is 6.60. The van der Waals surface area contributed by atoms with Crippen LogP contribution in [-0.4, -0.2) is 21.3 Å². The molecule has 4 nitrogen and oxygen atoms in total. The van der Waals surface area contributed by atoms with Crippen LogP contribution in [0.15, 0.2) is 30.6 Å². The quantitative estimate of drug-likeness (QED) is 0.821. The summed E-state index contributed by atoms with van der Waals surface area (Å²) < 4.78 is 1.92. The van der Waals surface area contributed by atoms with E-state index in [4.69, 9.17) is 18.0 Å². The summed E-state index contributed by atoms with van der Waals surface area (Å²) in [5, 5.41) is 7.61. The summed E-state index contributed by atoms with van der Waals surface area (Å²) in [4.78, 5) is 0.414. The van der Waals surface area contributed by atoms with E-state index in [0.29, 0.717) is 4.99 Å². The van der Waals surface area contributed by atoms with Gasteiger partial charge < -0.3 is 11.1 Å². The lowest BCUT2D eigenvalue weighted by atomic mass is 10.1. The van der Waals surface area contributed by atoms with Crippen LogP contribution in [0, 0.1) is 13.8 Å². The van der Waals surface area contributed by atoms with Crippen LogP contribution in [0.25, 0.3) is 0 Å². The highest BCUT2D eigenvalue weighted by molar-refractivity contribution is 7.80. The first kappa shape index (κ1) is 13.5. The van der Waals surface area contributed by atoms with Crippen molar-refractivity contribution in [2.45, 2.75) is 20.4 Å². The second-order valence-corrected chi connectivity index (χ2v) is 5.06. The first-order valence-electron chi connectivity index (χ1n) is 6.19. The Hall–Kier alpha value is -1.88. The summed E-state index contributed by atoms with van der Waals surface area (Å²) in [5.41, 5.74) is 9.94. The molecule has 1 aromatic carbocycles. The van der Waals surface area contributed by atoms with Crippen molar-refractivity contribution in [3.05, 3.63) is 47.3 Å². The van der Waals surface area contributed by atoms with E-state index in [1.165, 1.54) is 11.1 Å². The Bertz CT molecular complexity index is 589. The van der Waals surface area contributed by atoms with Crippen LogP contribution in [0.5, 0.6) is 0 Å². The fourth-order valence-electron chi connectivity index (χ4n) is 1.91. The van der Waals surface area contributed by atoms with E-state index in [2.05, 4.69) is 16.5 Å². The topological polar surface area (TPSA) is 55.9 Å². The molecule has 0 fully saturated rings. The first-order chi connectivity index (χ1) is 9.06. The number of nitrogens with one attached hydrogen (secondary N) is 1. The van der Waals surface area contributed by atoms with Crippen LogP contribution in [0.4, 0.5) is 5.69 Å². The van der Waals surface area contributed by atoms with Gasteiger partial charge in [-0.2, -0.15) is 5.10 Å². The van der Waals surface area contributed by atoms with Gasteiger partial charge >= 0.3 is 0 Å². The van der Waals surface area contributed by atoms with Crippen molar-refractivity contribution in [3.63, 3.8) is 0 Å². The molecule has 2 aromatic rings. The summed E-state index contributed by atoms with van der Waals surface area (Å²) in [6.07, 6.45) is 3.87. The standard InChI is InChI=1S/C14H18N4S/c1-10-3-4-12(14(15)19)13(7-10)16-5-6-18-9-11(2)8-17-18/h3-4,7-9,16H,5-6H2,1-2H3,(H2,15,19). The predicted octanol–water partition coefficient (Wildman–Crippen LogP) is 2.25. The molecule has 0 saturated heterocycles. The Morgan fingerprint density at radius 1 is 1.37 bits per heavy atom. The third-order valence-electron chi connectivity index (χ3n) is 2.86. The molecule has 0 saturated carbocycles. The molecule has 5 heteroatoms. The number of hydrogen-bond acceptors (Lipinski definition) is 3. The second-order valence-electron chi connectivity index (χ2n) is 4.62. The van der Waals surface area contributed by atoms with E-state index < -0.39 is 0 Å². The average Bonchev–Trinajstić information content (AvgIpc) is 2.75. The van der Waals surface area contributed by atoms with Gasteiger partial charge in [0.2, 0.25) is 0 Å². The summed E-state index contributed by atoms with van der Waals surface area (Å²) in [6.45, 7) is 5.66. The zero-order valence-corrected chi connectivity index (χ0v) is 12.0. The van der Waals surface area contributed by atoms with Gasteiger partial charge in [-0.25, -0.2) is 0 Å². The third kappa shape index (κ3) is 3.54. The van der Waals surface area contributed by atoms with Crippen LogP contribution >= 0.6 is 12.2 Å². The number of aromatic nitrogens is 2. The van der Waals surface area contributed by atoms with Crippen molar-refractivity contribution in [2.75, 3.05) is 11.9 Å². The van der Waals surface area contributed by atoms with Crippen LogP contribution in [0.1, 0.15) is 16.7 Å². The Balaban J connectivity index is 2.02. The van der Waals surface area contributed by atoms with Gasteiger partial charge in [0.15, 0.2) is 0 Å². The summed E-state index contributed by atoms with van der Waals surface area (Å²) >= 11 is 5.06. The Labute approximate surface area is 118 Å². The summed E-state index contributed by atoms with van der Waals surface area (Å²) in [7, 11) is 0. The molecule has 19 heavy (non-hydrogen) atoms. The van der Waals surface area contributed by atoms with Crippen molar-refractivity contribution in [1.82, 2.24) is 9.78 Å². The molecule has 100 valence electrons. The van der Waals surface area contributed by atoms with Crippen LogP contribution in [-0.2, 0) is 6.54 Å². The number of aryl methyl sites for hydroxylation is 2. The zero-order chi connectivity index (χ0) is 13.8. The SMILES string of the molecule is Cc1ccc(C(N)=S)c(NCCn2cc(C)cn2)c1. The number of rotatable bonds is 5. The molecule has 1 aromatic heterocycles. The Morgan fingerprint density at radius 2 is 2.16 bits per heavy atom. The molecule has 0 spiro atoms. The minimum absolute atomic E-state index is 0.414. The minimum atomic E-state index is 0.414. The molecule has 2 rings (SSSR count).